The van der Waals surface area contributed by atoms with E-state index in [0.29, 0.717) is 37.0 Å². The Morgan fingerprint density at radius 1 is 1.00 bits per heavy atom. The van der Waals surface area contributed by atoms with Gasteiger partial charge < -0.3 is 0 Å². The van der Waals surface area contributed by atoms with E-state index in [2.05, 4.69) is 15.5 Å². The van der Waals surface area contributed by atoms with Crippen molar-refractivity contribution < 1.29 is 14.4 Å². The number of halogens is 2. The van der Waals surface area contributed by atoms with Gasteiger partial charge in [-0.2, -0.15) is 0 Å². The molecular weight excluding hydrogens is 435 g/mol. The van der Waals surface area contributed by atoms with Crippen molar-refractivity contribution in [2.45, 2.75) is 12.8 Å². The van der Waals surface area contributed by atoms with Gasteiger partial charge in [-0.3, -0.25) is 24.6 Å². The van der Waals surface area contributed by atoms with Crippen LogP contribution in [0.1, 0.15) is 23.2 Å². The molecule has 1 aliphatic rings. The number of rotatable bonds is 4. The summed E-state index contributed by atoms with van der Waals surface area (Å²) in [5.74, 6) is -0.871. The van der Waals surface area contributed by atoms with Crippen LogP contribution in [0.4, 0.5) is 10.8 Å². The molecular formula is C19H12Cl2N4O3S. The first-order chi connectivity index (χ1) is 13.9. The van der Waals surface area contributed by atoms with Gasteiger partial charge in [0, 0.05) is 29.0 Å². The van der Waals surface area contributed by atoms with E-state index in [4.69, 9.17) is 23.2 Å². The van der Waals surface area contributed by atoms with Gasteiger partial charge in [0.15, 0.2) is 5.01 Å². The Morgan fingerprint density at radius 3 is 2.34 bits per heavy atom. The molecule has 2 aromatic carbocycles. The molecule has 29 heavy (non-hydrogen) atoms. The first kappa shape index (κ1) is 19.5. The van der Waals surface area contributed by atoms with E-state index in [9.17, 15) is 14.4 Å². The lowest BCUT2D eigenvalue weighted by Gasteiger charge is -2.13. The molecule has 146 valence electrons. The third-order valence-corrected chi connectivity index (χ3v) is 5.67. The van der Waals surface area contributed by atoms with E-state index < -0.39 is 0 Å². The third kappa shape index (κ3) is 4.00. The predicted molar refractivity (Wildman–Crippen MR) is 111 cm³/mol. The third-order valence-electron chi connectivity index (χ3n) is 4.25. The van der Waals surface area contributed by atoms with Crippen LogP contribution in [0, 0.1) is 0 Å². The lowest BCUT2D eigenvalue weighted by molar-refractivity contribution is -0.121. The molecule has 1 saturated heterocycles. The number of benzene rings is 2. The van der Waals surface area contributed by atoms with Gasteiger partial charge in [-0.15, -0.1) is 10.2 Å². The maximum atomic E-state index is 12.5. The van der Waals surface area contributed by atoms with Gasteiger partial charge in [0.2, 0.25) is 16.9 Å². The van der Waals surface area contributed by atoms with Crippen molar-refractivity contribution >= 4 is 63.1 Å². The molecule has 2 heterocycles. The molecule has 0 unspecified atom stereocenters. The van der Waals surface area contributed by atoms with Crippen LogP contribution in [0.2, 0.25) is 10.0 Å². The summed E-state index contributed by atoms with van der Waals surface area (Å²) in [6, 6.07) is 11.2. The number of hydrogen-bond donors (Lipinski definition) is 1. The lowest BCUT2D eigenvalue weighted by Crippen LogP contribution is -2.28. The van der Waals surface area contributed by atoms with Gasteiger partial charge >= 0.3 is 0 Å². The number of carbonyl (C=O) groups is 3. The van der Waals surface area contributed by atoms with E-state index in [1.54, 1.807) is 42.5 Å². The summed E-state index contributed by atoms with van der Waals surface area (Å²) in [5, 5.41) is 12.5. The highest BCUT2D eigenvalue weighted by Gasteiger charge is 2.30. The summed E-state index contributed by atoms with van der Waals surface area (Å²) in [7, 11) is 0. The Bertz CT molecular complexity index is 1110. The Balaban J connectivity index is 1.48. The number of aromatic nitrogens is 2. The molecule has 0 saturated carbocycles. The van der Waals surface area contributed by atoms with E-state index >= 15 is 0 Å². The quantitative estimate of drug-likeness (QED) is 0.598. The predicted octanol–water partition coefficient (Wildman–Crippen LogP) is 4.42. The highest BCUT2D eigenvalue weighted by molar-refractivity contribution is 7.18. The molecule has 0 spiro atoms. The molecule has 3 aromatic rings. The fraction of sp³-hybridized carbons (Fsp3) is 0.105. The van der Waals surface area contributed by atoms with Crippen LogP contribution >= 0.6 is 34.5 Å². The Labute approximate surface area is 179 Å². The van der Waals surface area contributed by atoms with Crippen molar-refractivity contribution in [1.82, 2.24) is 10.2 Å². The average Bonchev–Trinajstić information content (AvgIpc) is 3.28. The van der Waals surface area contributed by atoms with Crippen LogP contribution in [0.3, 0.4) is 0 Å². The lowest BCUT2D eigenvalue weighted by atomic mass is 10.2. The van der Waals surface area contributed by atoms with Crippen molar-refractivity contribution in [1.29, 1.82) is 0 Å². The first-order valence-electron chi connectivity index (χ1n) is 8.48. The molecule has 0 aliphatic carbocycles. The SMILES string of the molecule is O=C(Nc1nnc(-c2ccc(Cl)cc2Cl)s1)c1ccc(N2C(=O)CCC2=O)cc1. The van der Waals surface area contributed by atoms with Gasteiger partial charge in [0.05, 0.1) is 10.7 Å². The largest absolute Gasteiger partial charge is 0.296 e. The average molecular weight is 447 g/mol. The Hall–Kier alpha value is -2.81. The second-order valence-corrected chi connectivity index (χ2v) is 7.98. The molecule has 1 fully saturated rings. The van der Waals surface area contributed by atoms with Gasteiger partial charge in [0.25, 0.3) is 5.91 Å². The van der Waals surface area contributed by atoms with Crippen molar-refractivity contribution in [2.75, 3.05) is 10.2 Å². The highest BCUT2D eigenvalue weighted by Crippen LogP contribution is 2.33. The molecule has 7 nitrogen and oxygen atoms in total. The molecule has 1 N–H and O–H groups in total. The van der Waals surface area contributed by atoms with Crippen LogP contribution < -0.4 is 10.2 Å². The summed E-state index contributed by atoms with van der Waals surface area (Å²) in [4.78, 5) is 37.2. The molecule has 0 atom stereocenters. The molecule has 1 aliphatic heterocycles. The first-order valence-corrected chi connectivity index (χ1v) is 10.1. The second kappa shape index (κ2) is 7.90. The topological polar surface area (TPSA) is 92.3 Å². The van der Waals surface area contributed by atoms with Crippen LogP contribution in [-0.4, -0.2) is 27.9 Å². The minimum Gasteiger partial charge on any atom is -0.296 e. The summed E-state index contributed by atoms with van der Waals surface area (Å²) in [6.07, 6.45) is 0.413. The molecule has 0 radical (unpaired) electrons. The van der Waals surface area contributed by atoms with E-state index in [1.807, 2.05) is 0 Å². The number of hydrogen-bond acceptors (Lipinski definition) is 6. The molecule has 4 rings (SSSR count). The Morgan fingerprint density at radius 2 is 1.69 bits per heavy atom. The molecule has 10 heteroatoms. The molecule has 0 bridgehead atoms. The van der Waals surface area contributed by atoms with Gasteiger partial charge in [-0.05, 0) is 42.5 Å². The fourth-order valence-corrected chi connectivity index (χ4v) is 4.17. The maximum Gasteiger partial charge on any atom is 0.257 e. The zero-order valence-electron chi connectivity index (χ0n) is 14.7. The zero-order chi connectivity index (χ0) is 20.5. The maximum absolute atomic E-state index is 12.5. The summed E-state index contributed by atoms with van der Waals surface area (Å²) in [5.41, 5.74) is 1.47. The number of carbonyl (C=O) groups excluding carboxylic acids is 3. The monoisotopic (exact) mass is 446 g/mol. The number of amides is 3. The summed E-state index contributed by atoms with van der Waals surface area (Å²) < 4.78 is 0. The smallest absolute Gasteiger partial charge is 0.257 e. The van der Waals surface area contributed by atoms with Crippen molar-refractivity contribution in [2.24, 2.45) is 0 Å². The van der Waals surface area contributed by atoms with Gasteiger partial charge in [-0.1, -0.05) is 34.5 Å². The highest BCUT2D eigenvalue weighted by atomic mass is 35.5. The van der Waals surface area contributed by atoms with E-state index in [0.717, 1.165) is 4.90 Å². The van der Waals surface area contributed by atoms with Crippen LogP contribution in [0.15, 0.2) is 42.5 Å². The van der Waals surface area contributed by atoms with E-state index in [-0.39, 0.29) is 30.6 Å². The van der Waals surface area contributed by atoms with Crippen molar-refractivity contribution in [3.8, 4) is 10.6 Å². The summed E-state index contributed by atoms with van der Waals surface area (Å²) >= 11 is 13.3. The van der Waals surface area contributed by atoms with Crippen LogP contribution in [-0.2, 0) is 9.59 Å². The standard InChI is InChI=1S/C19H12Cl2N4O3S/c20-11-3-6-13(14(21)9-11)18-23-24-19(29-18)22-17(28)10-1-4-12(5-2-10)25-15(26)7-8-16(25)27/h1-6,9H,7-8H2,(H,22,24,28). The normalized spacial score (nSPS) is 13.8. The Kier molecular flexibility index (Phi) is 5.31. The number of imide groups is 1. The minimum absolute atomic E-state index is 0.206. The van der Waals surface area contributed by atoms with E-state index in [1.165, 1.54) is 11.3 Å². The van der Waals surface area contributed by atoms with Gasteiger partial charge in [-0.25, -0.2) is 0 Å². The number of nitrogens with zero attached hydrogens (tertiary/aromatic N) is 3. The number of nitrogens with one attached hydrogen (secondary N) is 1. The molecule has 3 amide bonds. The van der Waals surface area contributed by atoms with Crippen LogP contribution in [0.5, 0.6) is 0 Å². The number of anilines is 2. The zero-order valence-corrected chi connectivity index (χ0v) is 17.0. The fourth-order valence-electron chi connectivity index (χ4n) is 2.84. The molecule has 1 aromatic heterocycles. The van der Waals surface area contributed by atoms with Crippen molar-refractivity contribution in [3.05, 3.63) is 58.1 Å². The van der Waals surface area contributed by atoms with Crippen molar-refractivity contribution in [3.63, 3.8) is 0 Å². The second-order valence-electron chi connectivity index (χ2n) is 6.16. The van der Waals surface area contributed by atoms with Gasteiger partial charge in [0.1, 0.15) is 0 Å². The van der Waals surface area contributed by atoms with Crippen LogP contribution in [0.25, 0.3) is 10.6 Å². The summed E-state index contributed by atoms with van der Waals surface area (Å²) in [6.45, 7) is 0. The minimum atomic E-state index is -0.388.